The van der Waals surface area contributed by atoms with Gasteiger partial charge in [-0.05, 0) is 54.7 Å². The van der Waals surface area contributed by atoms with E-state index in [-0.39, 0.29) is 6.42 Å². The van der Waals surface area contributed by atoms with Crippen molar-refractivity contribution in [2.75, 3.05) is 0 Å². The van der Waals surface area contributed by atoms with Gasteiger partial charge >= 0.3 is 0 Å². The lowest BCUT2D eigenvalue weighted by Gasteiger charge is -2.12. The summed E-state index contributed by atoms with van der Waals surface area (Å²) < 4.78 is 2.21. The van der Waals surface area contributed by atoms with Crippen LogP contribution in [0.25, 0.3) is 10.9 Å². The molecule has 0 aliphatic carbocycles. The first kappa shape index (κ1) is 15.3. The highest BCUT2D eigenvalue weighted by Gasteiger charge is 2.09. The summed E-state index contributed by atoms with van der Waals surface area (Å²) in [5.74, 6) is -1.05. The van der Waals surface area contributed by atoms with Gasteiger partial charge in [-0.25, -0.2) is 0 Å². The van der Waals surface area contributed by atoms with Crippen LogP contribution in [0.3, 0.4) is 0 Å². The number of aromatic nitrogens is 1. The monoisotopic (exact) mass is 306 g/mol. The van der Waals surface area contributed by atoms with E-state index in [2.05, 4.69) is 49.7 Å². The highest BCUT2D eigenvalue weighted by Crippen LogP contribution is 2.25. The van der Waals surface area contributed by atoms with Crippen LogP contribution in [-0.2, 0) is 17.8 Å². The number of aryl methyl sites for hydroxylation is 3. The molecule has 0 aliphatic rings. The number of carbonyl (C=O) groups excluding carboxylic acids is 1. The van der Waals surface area contributed by atoms with Crippen LogP contribution < -0.4 is 5.11 Å². The fourth-order valence-electron chi connectivity index (χ4n) is 3.20. The molecule has 3 nitrogen and oxygen atoms in total. The summed E-state index contributed by atoms with van der Waals surface area (Å²) in [6, 6.07) is 12.2. The largest absolute Gasteiger partial charge is 0.550 e. The van der Waals surface area contributed by atoms with E-state index < -0.39 is 5.97 Å². The van der Waals surface area contributed by atoms with Gasteiger partial charge in [0.25, 0.3) is 0 Å². The third-order valence-corrected chi connectivity index (χ3v) is 4.47. The molecule has 23 heavy (non-hydrogen) atoms. The van der Waals surface area contributed by atoms with Gasteiger partial charge in [0.1, 0.15) is 0 Å². The molecule has 2 aromatic carbocycles. The highest BCUT2D eigenvalue weighted by atomic mass is 16.4. The average Bonchev–Trinajstić information content (AvgIpc) is 2.78. The lowest BCUT2D eigenvalue weighted by molar-refractivity contribution is -0.304. The predicted octanol–water partition coefficient (Wildman–Crippen LogP) is 2.91. The molecule has 0 atom stereocenters. The van der Waals surface area contributed by atoms with Crippen molar-refractivity contribution in [1.29, 1.82) is 0 Å². The van der Waals surface area contributed by atoms with Gasteiger partial charge in [0.05, 0.1) is 0 Å². The minimum absolute atomic E-state index is 0.0520. The number of carboxylic acid groups (broad SMARTS) is 1. The van der Waals surface area contributed by atoms with E-state index in [9.17, 15) is 9.90 Å². The van der Waals surface area contributed by atoms with Crippen LogP contribution in [0, 0.1) is 20.8 Å². The molecule has 0 unspecified atom stereocenters. The second-order valence-corrected chi connectivity index (χ2v) is 6.21. The topological polar surface area (TPSA) is 45.1 Å². The summed E-state index contributed by atoms with van der Waals surface area (Å²) in [6.07, 6.45) is 2.09. The smallest absolute Gasteiger partial charge is 0.0489 e. The summed E-state index contributed by atoms with van der Waals surface area (Å²) in [6.45, 7) is 7.13. The summed E-state index contributed by atoms with van der Waals surface area (Å²) in [5.41, 5.74) is 6.91. The Labute approximate surface area is 136 Å². The lowest BCUT2D eigenvalue weighted by Crippen LogP contribution is -2.24. The molecule has 3 rings (SSSR count). The van der Waals surface area contributed by atoms with E-state index in [1.54, 1.807) is 0 Å². The summed E-state index contributed by atoms with van der Waals surface area (Å²) in [5, 5.41) is 12.0. The van der Waals surface area contributed by atoms with E-state index >= 15 is 0 Å². The van der Waals surface area contributed by atoms with Crippen LogP contribution in [0.5, 0.6) is 0 Å². The molecule has 3 aromatic rings. The molecule has 3 heteroatoms. The number of rotatable bonds is 4. The zero-order chi connectivity index (χ0) is 16.6. The molecule has 0 amide bonds. The first-order valence-electron chi connectivity index (χ1n) is 7.79. The fraction of sp³-hybridized carbons (Fsp3) is 0.250. The van der Waals surface area contributed by atoms with Gasteiger partial charge in [0.2, 0.25) is 0 Å². The number of hydrogen-bond donors (Lipinski definition) is 0. The van der Waals surface area contributed by atoms with Crippen molar-refractivity contribution in [2.24, 2.45) is 0 Å². The Balaban J connectivity index is 2.08. The van der Waals surface area contributed by atoms with Crippen molar-refractivity contribution in [3.63, 3.8) is 0 Å². The van der Waals surface area contributed by atoms with Crippen molar-refractivity contribution >= 4 is 16.9 Å². The van der Waals surface area contributed by atoms with Crippen LogP contribution in [0.15, 0.2) is 42.6 Å². The minimum atomic E-state index is -1.05. The molecule has 0 radical (unpaired) electrons. The van der Waals surface area contributed by atoms with Gasteiger partial charge in [-0.15, -0.1) is 0 Å². The van der Waals surface area contributed by atoms with Gasteiger partial charge < -0.3 is 14.5 Å². The molecule has 0 bridgehead atoms. The van der Waals surface area contributed by atoms with Crippen LogP contribution in [0.4, 0.5) is 0 Å². The Morgan fingerprint density at radius 3 is 2.39 bits per heavy atom. The van der Waals surface area contributed by atoms with Gasteiger partial charge in [-0.1, -0.05) is 30.3 Å². The molecule has 118 valence electrons. The maximum absolute atomic E-state index is 10.9. The number of aliphatic carboxylic acids is 1. The van der Waals surface area contributed by atoms with Crippen LogP contribution in [0.1, 0.15) is 27.8 Å². The molecule has 0 aliphatic heterocycles. The SMILES string of the molecule is Cc1cccc(C)c1Cn1cc(C)c2ccc(CC(=O)[O-])cc21. The average molecular weight is 306 g/mol. The molecular formula is C20H20NO2-. The summed E-state index contributed by atoms with van der Waals surface area (Å²) >= 11 is 0. The normalized spacial score (nSPS) is 11.1. The van der Waals surface area contributed by atoms with E-state index in [4.69, 9.17) is 0 Å². The second kappa shape index (κ2) is 5.92. The molecule has 0 spiro atoms. The molecule has 0 saturated carbocycles. The zero-order valence-electron chi connectivity index (χ0n) is 13.7. The molecule has 0 saturated heterocycles. The van der Waals surface area contributed by atoms with Gasteiger partial charge in [0.15, 0.2) is 0 Å². The number of carbonyl (C=O) groups is 1. The molecule has 0 fully saturated rings. The Kier molecular flexibility index (Phi) is 3.95. The fourth-order valence-corrected chi connectivity index (χ4v) is 3.20. The number of hydrogen-bond acceptors (Lipinski definition) is 2. The third-order valence-electron chi connectivity index (χ3n) is 4.47. The molecule has 1 aromatic heterocycles. The Morgan fingerprint density at radius 2 is 1.74 bits per heavy atom. The van der Waals surface area contributed by atoms with E-state index in [1.807, 2.05) is 18.2 Å². The molecule has 1 heterocycles. The highest BCUT2D eigenvalue weighted by molar-refractivity contribution is 5.85. The van der Waals surface area contributed by atoms with Crippen molar-refractivity contribution in [3.8, 4) is 0 Å². The number of carboxylic acids is 1. The van der Waals surface area contributed by atoms with Crippen molar-refractivity contribution in [1.82, 2.24) is 4.57 Å². The van der Waals surface area contributed by atoms with Crippen LogP contribution >= 0.6 is 0 Å². The first-order valence-corrected chi connectivity index (χ1v) is 7.79. The quantitative estimate of drug-likeness (QED) is 0.744. The molecule has 0 N–H and O–H groups in total. The summed E-state index contributed by atoms with van der Waals surface area (Å²) in [7, 11) is 0. The van der Waals surface area contributed by atoms with Gasteiger partial charge in [0, 0.05) is 36.0 Å². The van der Waals surface area contributed by atoms with Crippen molar-refractivity contribution in [3.05, 3.63) is 70.4 Å². The number of fused-ring (bicyclic) bond motifs is 1. The second-order valence-electron chi connectivity index (χ2n) is 6.21. The van der Waals surface area contributed by atoms with Crippen molar-refractivity contribution in [2.45, 2.75) is 33.7 Å². The van der Waals surface area contributed by atoms with Gasteiger partial charge in [-0.2, -0.15) is 0 Å². The maximum atomic E-state index is 10.9. The first-order chi connectivity index (χ1) is 11.0. The zero-order valence-corrected chi connectivity index (χ0v) is 13.7. The minimum Gasteiger partial charge on any atom is -0.550 e. The van der Waals surface area contributed by atoms with Gasteiger partial charge in [-0.3, -0.25) is 0 Å². The predicted molar refractivity (Wildman–Crippen MR) is 90.4 cm³/mol. The third kappa shape index (κ3) is 3.00. The lowest BCUT2D eigenvalue weighted by atomic mass is 10.0. The Hall–Kier alpha value is -2.55. The standard InChI is InChI=1S/C20H21NO2/c1-13-5-4-6-14(2)18(13)12-21-11-15(3)17-8-7-16(9-19(17)21)10-20(22)23/h4-9,11H,10,12H2,1-3H3,(H,22,23)/p-1. The number of benzene rings is 2. The maximum Gasteiger partial charge on any atom is 0.0489 e. The van der Waals surface area contributed by atoms with E-state index in [0.29, 0.717) is 0 Å². The Morgan fingerprint density at radius 1 is 1.04 bits per heavy atom. The Bertz CT molecular complexity index is 870. The summed E-state index contributed by atoms with van der Waals surface area (Å²) in [4.78, 5) is 10.9. The van der Waals surface area contributed by atoms with E-state index in [0.717, 1.165) is 17.6 Å². The van der Waals surface area contributed by atoms with Crippen molar-refractivity contribution < 1.29 is 9.90 Å². The number of nitrogens with zero attached hydrogens (tertiary/aromatic N) is 1. The van der Waals surface area contributed by atoms with Crippen LogP contribution in [0.2, 0.25) is 0 Å². The molecular weight excluding hydrogens is 286 g/mol. The van der Waals surface area contributed by atoms with E-state index in [1.165, 1.54) is 27.6 Å². The van der Waals surface area contributed by atoms with Crippen LogP contribution in [-0.4, -0.2) is 10.5 Å².